The molecule has 3 rings (SSSR count). The van der Waals surface area contributed by atoms with Gasteiger partial charge in [0.1, 0.15) is 5.75 Å². The van der Waals surface area contributed by atoms with Crippen LogP contribution < -0.4 is 10.5 Å². The lowest BCUT2D eigenvalue weighted by atomic mass is 9.77. The van der Waals surface area contributed by atoms with E-state index in [0.29, 0.717) is 11.7 Å². The number of rotatable bonds is 5. The standard InChI is InChI=1S/C15H19N3O2.ClH/c1-2-11-6-3-4-7-12(11)19-10-13-17-14(18-20-13)15(16)8-5-9-15;/h3-4,6-7H,2,5,8-10,16H2,1H3;1H. The molecule has 0 aliphatic heterocycles. The molecule has 1 saturated carbocycles. The van der Waals surface area contributed by atoms with Gasteiger partial charge >= 0.3 is 0 Å². The molecule has 0 atom stereocenters. The Morgan fingerprint density at radius 3 is 2.76 bits per heavy atom. The summed E-state index contributed by atoms with van der Waals surface area (Å²) < 4.78 is 11.0. The van der Waals surface area contributed by atoms with Crippen molar-refractivity contribution in [2.45, 2.75) is 44.8 Å². The Bertz CT molecular complexity index is 596. The second-order valence-corrected chi connectivity index (χ2v) is 5.27. The van der Waals surface area contributed by atoms with Gasteiger partial charge in [0.15, 0.2) is 12.4 Å². The molecule has 1 fully saturated rings. The van der Waals surface area contributed by atoms with Gasteiger partial charge in [0.05, 0.1) is 5.54 Å². The van der Waals surface area contributed by atoms with E-state index in [2.05, 4.69) is 23.1 Å². The molecule has 0 saturated heterocycles. The summed E-state index contributed by atoms with van der Waals surface area (Å²) in [7, 11) is 0. The molecule has 0 amide bonds. The van der Waals surface area contributed by atoms with Crippen LogP contribution in [0.2, 0.25) is 0 Å². The topological polar surface area (TPSA) is 74.2 Å². The van der Waals surface area contributed by atoms with Crippen LogP contribution in [-0.2, 0) is 18.6 Å². The first kappa shape index (κ1) is 15.8. The summed E-state index contributed by atoms with van der Waals surface area (Å²) in [5.74, 6) is 1.94. The van der Waals surface area contributed by atoms with Gasteiger partial charge in [-0.1, -0.05) is 30.3 Å². The Kier molecular flexibility index (Phi) is 4.85. The van der Waals surface area contributed by atoms with Crippen LogP contribution in [0, 0.1) is 0 Å². The molecule has 6 heteroatoms. The van der Waals surface area contributed by atoms with Crippen LogP contribution in [0.25, 0.3) is 0 Å². The SMILES string of the molecule is CCc1ccccc1OCc1nc(C2(N)CCC2)no1.Cl. The Morgan fingerprint density at radius 2 is 2.10 bits per heavy atom. The van der Waals surface area contributed by atoms with Crippen molar-refractivity contribution in [3.63, 3.8) is 0 Å². The van der Waals surface area contributed by atoms with Crippen LogP contribution in [0.5, 0.6) is 5.75 Å². The van der Waals surface area contributed by atoms with Crippen molar-refractivity contribution >= 4 is 12.4 Å². The molecule has 0 bridgehead atoms. The molecule has 0 spiro atoms. The van der Waals surface area contributed by atoms with Gasteiger partial charge in [-0.15, -0.1) is 12.4 Å². The second-order valence-electron chi connectivity index (χ2n) is 5.27. The fraction of sp³-hybridized carbons (Fsp3) is 0.467. The summed E-state index contributed by atoms with van der Waals surface area (Å²) in [6.07, 6.45) is 3.90. The van der Waals surface area contributed by atoms with Gasteiger partial charge in [0.2, 0.25) is 0 Å². The minimum atomic E-state index is -0.386. The Balaban J connectivity index is 0.00000161. The minimum Gasteiger partial charge on any atom is -0.483 e. The highest BCUT2D eigenvalue weighted by Crippen LogP contribution is 2.36. The number of aromatic nitrogens is 2. The maximum atomic E-state index is 6.16. The van der Waals surface area contributed by atoms with Crippen molar-refractivity contribution in [3.05, 3.63) is 41.5 Å². The van der Waals surface area contributed by atoms with E-state index in [0.717, 1.165) is 31.4 Å². The van der Waals surface area contributed by atoms with Crippen LogP contribution in [0.1, 0.15) is 43.5 Å². The Labute approximate surface area is 130 Å². The van der Waals surface area contributed by atoms with Crippen molar-refractivity contribution in [1.29, 1.82) is 0 Å². The first-order chi connectivity index (χ1) is 9.71. The zero-order valence-electron chi connectivity index (χ0n) is 12.0. The minimum absolute atomic E-state index is 0. The Morgan fingerprint density at radius 1 is 1.33 bits per heavy atom. The quantitative estimate of drug-likeness (QED) is 0.919. The molecule has 1 aromatic carbocycles. The molecule has 0 radical (unpaired) electrons. The number of aryl methyl sites for hydroxylation is 1. The highest BCUT2D eigenvalue weighted by atomic mass is 35.5. The van der Waals surface area contributed by atoms with Crippen molar-refractivity contribution in [1.82, 2.24) is 10.1 Å². The predicted octanol–water partition coefficient (Wildman–Crippen LogP) is 2.97. The van der Waals surface area contributed by atoms with Gasteiger partial charge < -0.3 is 15.0 Å². The number of ether oxygens (including phenoxy) is 1. The number of benzene rings is 1. The average Bonchev–Trinajstić information content (AvgIpc) is 2.92. The average molecular weight is 310 g/mol. The monoisotopic (exact) mass is 309 g/mol. The molecule has 2 aromatic rings. The molecule has 2 N–H and O–H groups in total. The fourth-order valence-corrected chi connectivity index (χ4v) is 2.37. The molecule has 5 nitrogen and oxygen atoms in total. The van der Waals surface area contributed by atoms with Gasteiger partial charge in [-0.3, -0.25) is 0 Å². The van der Waals surface area contributed by atoms with Crippen LogP contribution in [-0.4, -0.2) is 10.1 Å². The van der Waals surface area contributed by atoms with Crippen molar-refractivity contribution in [2.24, 2.45) is 5.73 Å². The number of halogens is 1. The largest absolute Gasteiger partial charge is 0.483 e. The molecular formula is C15H20ClN3O2. The van der Waals surface area contributed by atoms with E-state index in [9.17, 15) is 0 Å². The molecule has 1 aliphatic carbocycles. The first-order valence-electron chi connectivity index (χ1n) is 7.04. The highest BCUT2D eigenvalue weighted by molar-refractivity contribution is 5.85. The molecule has 114 valence electrons. The summed E-state index contributed by atoms with van der Waals surface area (Å²) in [4.78, 5) is 4.35. The zero-order valence-corrected chi connectivity index (χ0v) is 12.9. The van der Waals surface area contributed by atoms with Crippen LogP contribution in [0.3, 0.4) is 0 Å². The van der Waals surface area contributed by atoms with Gasteiger partial charge in [-0.25, -0.2) is 0 Å². The van der Waals surface area contributed by atoms with E-state index in [1.54, 1.807) is 0 Å². The number of hydrogen-bond donors (Lipinski definition) is 1. The van der Waals surface area contributed by atoms with Gasteiger partial charge in [0, 0.05) is 0 Å². The Hall–Kier alpha value is -1.59. The van der Waals surface area contributed by atoms with E-state index < -0.39 is 0 Å². The lowest BCUT2D eigenvalue weighted by Crippen LogP contribution is -2.44. The summed E-state index contributed by atoms with van der Waals surface area (Å²) >= 11 is 0. The third kappa shape index (κ3) is 3.19. The highest BCUT2D eigenvalue weighted by Gasteiger charge is 2.38. The van der Waals surface area contributed by atoms with E-state index >= 15 is 0 Å². The number of nitrogens with zero attached hydrogens (tertiary/aromatic N) is 2. The maximum Gasteiger partial charge on any atom is 0.264 e. The van der Waals surface area contributed by atoms with E-state index in [-0.39, 0.29) is 24.6 Å². The molecular weight excluding hydrogens is 290 g/mol. The second kappa shape index (κ2) is 6.45. The van der Waals surface area contributed by atoms with E-state index in [1.807, 2.05) is 18.2 Å². The van der Waals surface area contributed by atoms with E-state index in [1.165, 1.54) is 5.56 Å². The normalized spacial score (nSPS) is 15.9. The molecule has 21 heavy (non-hydrogen) atoms. The fourth-order valence-electron chi connectivity index (χ4n) is 2.37. The van der Waals surface area contributed by atoms with E-state index in [4.69, 9.17) is 15.0 Å². The lowest BCUT2D eigenvalue weighted by molar-refractivity contribution is 0.222. The number of hydrogen-bond acceptors (Lipinski definition) is 5. The van der Waals surface area contributed by atoms with Crippen molar-refractivity contribution in [2.75, 3.05) is 0 Å². The molecule has 1 heterocycles. The summed E-state index contributed by atoms with van der Waals surface area (Å²) in [5, 5.41) is 3.97. The summed E-state index contributed by atoms with van der Waals surface area (Å²) in [6, 6.07) is 7.96. The summed E-state index contributed by atoms with van der Waals surface area (Å²) in [6.45, 7) is 2.38. The van der Waals surface area contributed by atoms with Gasteiger partial charge in [-0.05, 0) is 37.3 Å². The lowest BCUT2D eigenvalue weighted by Gasteiger charge is -2.34. The third-order valence-electron chi connectivity index (χ3n) is 3.86. The van der Waals surface area contributed by atoms with Crippen LogP contribution >= 0.6 is 12.4 Å². The molecule has 0 unspecified atom stereocenters. The molecule has 1 aliphatic rings. The maximum absolute atomic E-state index is 6.16. The van der Waals surface area contributed by atoms with Crippen molar-refractivity contribution in [3.8, 4) is 5.75 Å². The predicted molar refractivity (Wildman–Crippen MR) is 81.4 cm³/mol. The first-order valence-corrected chi connectivity index (χ1v) is 7.04. The zero-order chi connectivity index (χ0) is 14.0. The number of para-hydroxylation sites is 1. The summed E-state index contributed by atoms with van der Waals surface area (Å²) in [5.41, 5.74) is 6.95. The third-order valence-corrected chi connectivity index (χ3v) is 3.86. The van der Waals surface area contributed by atoms with Crippen LogP contribution in [0.4, 0.5) is 0 Å². The van der Waals surface area contributed by atoms with Crippen molar-refractivity contribution < 1.29 is 9.26 Å². The van der Waals surface area contributed by atoms with Crippen LogP contribution in [0.15, 0.2) is 28.8 Å². The van der Waals surface area contributed by atoms with Gasteiger partial charge in [-0.2, -0.15) is 4.98 Å². The van der Waals surface area contributed by atoms with Gasteiger partial charge in [0.25, 0.3) is 5.89 Å². The number of nitrogens with two attached hydrogens (primary N) is 1. The molecule has 1 aromatic heterocycles. The smallest absolute Gasteiger partial charge is 0.264 e.